The average molecular weight is 568 g/mol. The van der Waals surface area contributed by atoms with Crippen molar-refractivity contribution in [1.29, 1.82) is 0 Å². The van der Waals surface area contributed by atoms with Crippen molar-refractivity contribution < 1.29 is 69.3 Å². The molecular weight excluding hydrogens is 540 g/mol. The van der Waals surface area contributed by atoms with Crippen LogP contribution in [0.15, 0.2) is 39.5 Å². The van der Waals surface area contributed by atoms with Crippen molar-refractivity contribution in [2.75, 3.05) is 13.2 Å². The van der Waals surface area contributed by atoms with Crippen LogP contribution < -0.4 is 14.9 Å². The van der Waals surface area contributed by atoms with Gasteiger partial charge in [0.15, 0.2) is 0 Å². The first-order valence-electron chi connectivity index (χ1n) is 12.2. The molecule has 10 atom stereocenters. The van der Waals surface area contributed by atoms with Crippen LogP contribution >= 0.6 is 0 Å². The summed E-state index contributed by atoms with van der Waals surface area (Å²) in [7, 11) is 0. The Balaban J connectivity index is 1.44. The first kappa shape index (κ1) is 28.4. The zero-order valence-corrected chi connectivity index (χ0v) is 20.5. The molecule has 0 saturated carbocycles. The van der Waals surface area contributed by atoms with Gasteiger partial charge in [0.2, 0.25) is 18.0 Å². The molecule has 3 aromatic rings. The second kappa shape index (κ2) is 11.1. The number of aliphatic hydroxyl groups is 8. The molecule has 0 amide bonds. The molecule has 2 fully saturated rings. The lowest BCUT2D eigenvalue weighted by Gasteiger charge is -2.39. The van der Waals surface area contributed by atoms with E-state index in [-0.39, 0.29) is 33.4 Å². The Kier molecular flexibility index (Phi) is 7.86. The van der Waals surface area contributed by atoms with Gasteiger partial charge in [0, 0.05) is 12.1 Å². The molecule has 218 valence electrons. The molecule has 2 aliphatic rings. The van der Waals surface area contributed by atoms with Crippen LogP contribution in [-0.4, -0.2) is 121 Å². The van der Waals surface area contributed by atoms with Gasteiger partial charge in [-0.05, 0) is 18.2 Å². The number of hydrogen-bond acceptors (Lipinski definition) is 15. The third-order valence-electron chi connectivity index (χ3n) is 6.90. The van der Waals surface area contributed by atoms with Gasteiger partial charge in [-0.3, -0.25) is 4.79 Å². The quantitative estimate of drug-likeness (QED) is 0.135. The molecule has 2 aliphatic heterocycles. The number of phenols is 1. The second-order valence-corrected chi connectivity index (χ2v) is 9.53. The summed E-state index contributed by atoms with van der Waals surface area (Å²) in [6.07, 6.45) is -15.4. The summed E-state index contributed by atoms with van der Waals surface area (Å²) in [5, 5.41) is 89.3. The molecule has 3 heterocycles. The first-order chi connectivity index (χ1) is 19.0. The van der Waals surface area contributed by atoms with Crippen LogP contribution in [0.1, 0.15) is 0 Å². The van der Waals surface area contributed by atoms with Crippen molar-refractivity contribution in [3.05, 3.63) is 40.6 Å². The van der Waals surface area contributed by atoms with E-state index < -0.39 is 85.8 Å². The Labute approximate surface area is 224 Å². The summed E-state index contributed by atoms with van der Waals surface area (Å²) >= 11 is 0. The lowest BCUT2D eigenvalue weighted by molar-refractivity contribution is -0.277. The average Bonchev–Trinajstić information content (AvgIpc) is 2.93. The highest BCUT2D eigenvalue weighted by molar-refractivity contribution is 5.94. The number of ether oxygens (including phenoxy) is 4. The largest absolute Gasteiger partial charge is 0.507 e. The van der Waals surface area contributed by atoms with Gasteiger partial charge in [-0.2, -0.15) is 0 Å². The van der Waals surface area contributed by atoms with Crippen LogP contribution in [0.5, 0.6) is 17.2 Å². The number of aliphatic hydroxyl groups excluding tert-OH is 8. The minimum Gasteiger partial charge on any atom is -0.507 e. The van der Waals surface area contributed by atoms with E-state index in [0.29, 0.717) is 0 Å². The van der Waals surface area contributed by atoms with Gasteiger partial charge in [0.1, 0.15) is 82.6 Å². The Morgan fingerprint density at radius 2 is 1.23 bits per heavy atom. The highest BCUT2D eigenvalue weighted by Gasteiger charge is 2.46. The maximum Gasteiger partial charge on any atom is 0.229 e. The van der Waals surface area contributed by atoms with Gasteiger partial charge < -0.3 is 69.3 Å². The lowest BCUT2D eigenvalue weighted by atomic mass is 9.99. The molecule has 0 spiro atoms. The number of phenolic OH excluding ortho intramolecular Hbond substituents is 1. The van der Waals surface area contributed by atoms with Gasteiger partial charge in [0.05, 0.1) is 18.6 Å². The van der Waals surface area contributed by atoms with Crippen molar-refractivity contribution >= 4 is 21.9 Å². The zero-order valence-electron chi connectivity index (χ0n) is 20.5. The van der Waals surface area contributed by atoms with E-state index in [1.54, 1.807) is 0 Å². The summed E-state index contributed by atoms with van der Waals surface area (Å²) in [4.78, 5) is 13.3. The maximum atomic E-state index is 13.3. The minimum absolute atomic E-state index is 0.00513. The molecule has 2 aromatic carbocycles. The molecule has 15 nitrogen and oxygen atoms in total. The molecule has 0 radical (unpaired) electrons. The van der Waals surface area contributed by atoms with Crippen LogP contribution in [-0.2, 0) is 9.47 Å². The van der Waals surface area contributed by atoms with Gasteiger partial charge in [-0.15, -0.1) is 0 Å². The summed E-state index contributed by atoms with van der Waals surface area (Å²) in [5.74, 6) is -0.682. The van der Waals surface area contributed by atoms with E-state index >= 15 is 0 Å². The number of aromatic hydroxyl groups is 1. The van der Waals surface area contributed by atoms with Gasteiger partial charge in [-0.25, -0.2) is 0 Å². The Bertz CT molecular complexity index is 1420. The first-order valence-corrected chi connectivity index (χ1v) is 12.2. The smallest absolute Gasteiger partial charge is 0.229 e. The van der Waals surface area contributed by atoms with Crippen LogP contribution in [0.25, 0.3) is 21.9 Å². The topological polar surface area (TPSA) is 249 Å². The zero-order chi connectivity index (χ0) is 28.9. The summed E-state index contributed by atoms with van der Waals surface area (Å²) < 4.78 is 27.5. The number of benzene rings is 2. The van der Waals surface area contributed by atoms with Crippen molar-refractivity contribution in [2.24, 2.45) is 0 Å². The maximum absolute atomic E-state index is 13.3. The lowest BCUT2D eigenvalue weighted by Crippen LogP contribution is -2.60. The van der Waals surface area contributed by atoms with Crippen molar-refractivity contribution in [2.45, 2.75) is 61.4 Å². The number of rotatable bonds is 6. The van der Waals surface area contributed by atoms with E-state index in [0.717, 1.165) is 6.07 Å². The van der Waals surface area contributed by atoms with E-state index in [1.807, 2.05) is 0 Å². The predicted octanol–water partition coefficient (Wildman–Crippen LogP) is -2.99. The minimum atomic E-state index is -1.71. The van der Waals surface area contributed by atoms with Crippen molar-refractivity contribution in [3.63, 3.8) is 0 Å². The molecule has 0 unspecified atom stereocenters. The van der Waals surface area contributed by atoms with Crippen LogP contribution in [0, 0.1) is 0 Å². The van der Waals surface area contributed by atoms with Crippen molar-refractivity contribution in [3.8, 4) is 17.2 Å². The third-order valence-corrected chi connectivity index (χ3v) is 6.90. The third kappa shape index (κ3) is 4.97. The SMILES string of the molecule is O=c1c2cc(O[C@@H]3O[C@H](CO)[C@@H](O)[C@H](O)[C@H]3O)ccc2oc2cc(O[C@@H]3O[C@H](CO)[C@@H](O)[C@H](O)[C@H]3O)cc(O)c12. The normalized spacial score (nSPS) is 34.7. The van der Waals surface area contributed by atoms with E-state index in [2.05, 4.69) is 0 Å². The number of hydrogen-bond donors (Lipinski definition) is 9. The van der Waals surface area contributed by atoms with E-state index in [1.165, 1.54) is 24.3 Å². The van der Waals surface area contributed by atoms with Crippen LogP contribution in [0.2, 0.25) is 0 Å². The summed E-state index contributed by atoms with van der Waals surface area (Å²) in [6, 6.07) is 6.25. The standard InChI is InChI=1S/C25H28O15/c26-6-14-18(30)20(32)22(34)24(39-14)36-8-1-2-12-10(3-8)17(29)16-11(28)4-9(5-13(16)38-12)37-25-23(35)21(33)19(31)15(7-27)40-25/h1-5,14-15,18-28,30-35H,6-7H2/t14-,15-,18-,19-,20+,21+,22-,23-,24-,25-/m1/s1. The predicted molar refractivity (Wildman–Crippen MR) is 130 cm³/mol. The van der Waals surface area contributed by atoms with Crippen LogP contribution in [0.4, 0.5) is 0 Å². The Morgan fingerprint density at radius 1 is 0.675 bits per heavy atom. The molecule has 15 heteroatoms. The van der Waals surface area contributed by atoms with Gasteiger partial charge in [0.25, 0.3) is 0 Å². The fourth-order valence-corrected chi connectivity index (χ4v) is 4.65. The molecule has 5 rings (SSSR count). The summed E-state index contributed by atoms with van der Waals surface area (Å²) in [6.45, 7) is -1.32. The van der Waals surface area contributed by atoms with Crippen molar-refractivity contribution in [1.82, 2.24) is 0 Å². The molecule has 0 aliphatic carbocycles. The fourth-order valence-electron chi connectivity index (χ4n) is 4.65. The number of fused-ring (bicyclic) bond motifs is 2. The Morgan fingerprint density at radius 3 is 1.77 bits per heavy atom. The fraction of sp³-hybridized carbons (Fsp3) is 0.480. The Hall–Kier alpha value is -3.09. The summed E-state index contributed by atoms with van der Waals surface area (Å²) in [5.41, 5.74) is -0.727. The molecule has 40 heavy (non-hydrogen) atoms. The van der Waals surface area contributed by atoms with Crippen LogP contribution in [0.3, 0.4) is 0 Å². The van der Waals surface area contributed by atoms with E-state index in [9.17, 15) is 50.8 Å². The molecule has 9 N–H and O–H groups in total. The second-order valence-electron chi connectivity index (χ2n) is 9.53. The van der Waals surface area contributed by atoms with Gasteiger partial charge >= 0.3 is 0 Å². The molecule has 0 bridgehead atoms. The molecule has 1 aromatic heterocycles. The molecule has 2 saturated heterocycles. The molecular formula is C25H28O15. The van der Waals surface area contributed by atoms with Gasteiger partial charge in [-0.1, -0.05) is 0 Å². The monoisotopic (exact) mass is 568 g/mol. The van der Waals surface area contributed by atoms with E-state index in [4.69, 9.17) is 23.4 Å². The highest BCUT2D eigenvalue weighted by atomic mass is 16.7. The highest BCUT2D eigenvalue weighted by Crippen LogP contribution is 2.34.